The number of aromatic nitrogens is 4. The molecule has 10 heteroatoms. The van der Waals surface area contributed by atoms with Crippen LogP contribution in [0.3, 0.4) is 0 Å². The lowest BCUT2D eigenvalue weighted by Gasteiger charge is -2.16. The Labute approximate surface area is 180 Å². The molecule has 1 amide bonds. The van der Waals surface area contributed by atoms with E-state index in [1.54, 1.807) is 42.1 Å². The second kappa shape index (κ2) is 7.52. The molecular weight excluding hydrogens is 427 g/mol. The number of amides is 1. The molecule has 0 aliphatic heterocycles. The highest BCUT2D eigenvalue weighted by atomic mass is 32.1. The summed E-state index contributed by atoms with van der Waals surface area (Å²) >= 11 is 1.00. The van der Waals surface area contributed by atoms with Gasteiger partial charge in [-0.2, -0.15) is 23.4 Å². The number of nitrogens with zero attached hydrogens (tertiary/aromatic N) is 5. The van der Waals surface area contributed by atoms with Crippen molar-refractivity contribution < 1.29 is 18.0 Å². The van der Waals surface area contributed by atoms with Crippen molar-refractivity contribution in [3.05, 3.63) is 63.9 Å². The topological polar surface area (TPSA) is 56.0 Å². The maximum Gasteiger partial charge on any atom is 0.435 e. The van der Waals surface area contributed by atoms with Crippen LogP contribution < -0.4 is 0 Å². The number of carbonyl (C=O) groups excluding carboxylic acids is 1. The molecular formula is C21H20F3N5OS. The number of aryl methyl sites for hydroxylation is 2. The van der Waals surface area contributed by atoms with Crippen LogP contribution in [0.2, 0.25) is 0 Å². The first-order chi connectivity index (χ1) is 14.6. The zero-order valence-electron chi connectivity index (χ0n) is 17.4. The predicted octanol–water partition coefficient (Wildman–Crippen LogP) is 4.73. The number of rotatable bonds is 4. The van der Waals surface area contributed by atoms with Gasteiger partial charge >= 0.3 is 6.18 Å². The lowest BCUT2D eigenvalue weighted by atomic mass is 10.2. The Morgan fingerprint density at radius 2 is 1.84 bits per heavy atom. The number of alkyl halides is 3. The van der Waals surface area contributed by atoms with Gasteiger partial charge in [0, 0.05) is 37.3 Å². The van der Waals surface area contributed by atoms with E-state index in [1.165, 1.54) is 15.6 Å². The van der Waals surface area contributed by atoms with Crippen LogP contribution >= 0.6 is 11.3 Å². The normalized spacial score (nSPS) is 12.0. The first kappa shape index (κ1) is 21.1. The lowest BCUT2D eigenvalue weighted by Crippen LogP contribution is -2.26. The summed E-state index contributed by atoms with van der Waals surface area (Å²) in [6.45, 7) is 4.09. The number of halogens is 3. The fraction of sp³-hybridized carbons (Fsp3) is 0.286. The molecule has 31 heavy (non-hydrogen) atoms. The molecule has 0 radical (unpaired) electrons. The molecule has 0 saturated carbocycles. The maximum atomic E-state index is 13.6. The van der Waals surface area contributed by atoms with Crippen LogP contribution in [0.15, 0.2) is 36.4 Å². The lowest BCUT2D eigenvalue weighted by molar-refractivity contribution is -0.140. The molecule has 0 N–H and O–H groups in total. The Morgan fingerprint density at radius 1 is 1.16 bits per heavy atom. The van der Waals surface area contributed by atoms with Gasteiger partial charge in [0.25, 0.3) is 5.91 Å². The fourth-order valence-electron chi connectivity index (χ4n) is 3.51. The van der Waals surface area contributed by atoms with Gasteiger partial charge in [-0.05, 0) is 32.0 Å². The molecule has 0 unspecified atom stereocenters. The summed E-state index contributed by atoms with van der Waals surface area (Å²) in [7, 11) is 3.46. The van der Waals surface area contributed by atoms with Crippen molar-refractivity contribution in [1.82, 2.24) is 24.5 Å². The number of fused-ring (bicyclic) bond motifs is 1. The summed E-state index contributed by atoms with van der Waals surface area (Å²) in [5.74, 6) is -0.350. The molecule has 0 fully saturated rings. The third-order valence-electron chi connectivity index (χ3n) is 5.24. The van der Waals surface area contributed by atoms with Gasteiger partial charge in [-0.15, -0.1) is 11.3 Å². The zero-order valence-corrected chi connectivity index (χ0v) is 18.2. The molecule has 3 heterocycles. The monoisotopic (exact) mass is 447 g/mol. The average Bonchev–Trinajstić information content (AvgIpc) is 3.36. The van der Waals surface area contributed by atoms with Gasteiger partial charge in [0.05, 0.1) is 16.3 Å². The van der Waals surface area contributed by atoms with Gasteiger partial charge in [-0.1, -0.05) is 18.2 Å². The van der Waals surface area contributed by atoms with Gasteiger partial charge in [-0.3, -0.25) is 9.48 Å². The minimum Gasteiger partial charge on any atom is -0.337 e. The molecule has 0 spiro atoms. The Hall–Kier alpha value is -3.14. The summed E-state index contributed by atoms with van der Waals surface area (Å²) in [5, 5.41) is 8.07. The Kier molecular flexibility index (Phi) is 5.12. The number of hydrogen-bond acceptors (Lipinski definition) is 4. The molecule has 0 saturated heterocycles. The minimum atomic E-state index is -4.63. The van der Waals surface area contributed by atoms with Gasteiger partial charge in [0.15, 0.2) is 5.69 Å². The van der Waals surface area contributed by atoms with Crippen LogP contribution in [0.25, 0.3) is 15.9 Å². The summed E-state index contributed by atoms with van der Waals surface area (Å²) in [5.41, 5.74) is 2.18. The SMILES string of the molecule is Cc1nn(C)c(C)c1CN(C)C(=O)c1cc2c(C(F)(F)F)nn(-c3ccccc3)c2s1. The van der Waals surface area contributed by atoms with Gasteiger partial charge in [-0.25, -0.2) is 4.68 Å². The third-order valence-corrected chi connectivity index (χ3v) is 6.34. The molecule has 0 bridgehead atoms. The average molecular weight is 447 g/mol. The minimum absolute atomic E-state index is 0.0770. The van der Waals surface area contributed by atoms with Crippen molar-refractivity contribution in [2.75, 3.05) is 7.05 Å². The highest BCUT2D eigenvalue weighted by molar-refractivity contribution is 7.20. The standard InChI is InChI=1S/C21H20F3N5OS/c1-12-16(13(2)28(4)25-12)11-27(3)19(30)17-10-15-18(21(22,23)24)26-29(20(15)31-17)14-8-6-5-7-9-14/h5-10H,11H2,1-4H3. The van der Waals surface area contributed by atoms with Crippen LogP contribution in [0.4, 0.5) is 13.2 Å². The zero-order chi connectivity index (χ0) is 22.5. The van der Waals surface area contributed by atoms with E-state index in [0.717, 1.165) is 28.3 Å². The quantitative estimate of drug-likeness (QED) is 0.455. The van der Waals surface area contributed by atoms with Gasteiger partial charge < -0.3 is 4.90 Å². The van der Waals surface area contributed by atoms with Gasteiger partial charge in [0.1, 0.15) is 4.83 Å². The van der Waals surface area contributed by atoms with E-state index in [2.05, 4.69) is 10.2 Å². The third kappa shape index (κ3) is 3.71. The van der Waals surface area contributed by atoms with Crippen molar-refractivity contribution >= 4 is 27.5 Å². The molecule has 0 aliphatic rings. The summed E-state index contributed by atoms with van der Waals surface area (Å²) < 4.78 is 43.8. The molecule has 4 rings (SSSR count). The van der Waals surface area contributed by atoms with Crippen molar-refractivity contribution in [3.63, 3.8) is 0 Å². The number of thiophene rings is 1. The van der Waals surface area contributed by atoms with E-state index >= 15 is 0 Å². The van der Waals surface area contributed by atoms with Crippen LogP contribution in [0.5, 0.6) is 0 Å². The van der Waals surface area contributed by atoms with Crippen molar-refractivity contribution in [1.29, 1.82) is 0 Å². The smallest absolute Gasteiger partial charge is 0.337 e. The van der Waals surface area contributed by atoms with Crippen molar-refractivity contribution in [2.24, 2.45) is 7.05 Å². The van der Waals surface area contributed by atoms with E-state index in [1.807, 2.05) is 20.9 Å². The van der Waals surface area contributed by atoms with E-state index in [9.17, 15) is 18.0 Å². The number of para-hydroxylation sites is 1. The summed E-state index contributed by atoms with van der Waals surface area (Å²) in [6.07, 6.45) is -4.63. The highest BCUT2D eigenvalue weighted by Crippen LogP contribution is 2.39. The summed E-state index contributed by atoms with van der Waals surface area (Å²) in [4.78, 5) is 15.1. The van der Waals surface area contributed by atoms with E-state index in [-0.39, 0.29) is 21.0 Å². The van der Waals surface area contributed by atoms with Crippen LogP contribution in [0, 0.1) is 13.8 Å². The van der Waals surface area contributed by atoms with Crippen molar-refractivity contribution in [3.8, 4) is 5.69 Å². The fourth-order valence-corrected chi connectivity index (χ4v) is 4.64. The largest absolute Gasteiger partial charge is 0.435 e. The number of benzene rings is 1. The van der Waals surface area contributed by atoms with E-state index in [4.69, 9.17) is 0 Å². The molecule has 4 aromatic rings. The van der Waals surface area contributed by atoms with E-state index in [0.29, 0.717) is 12.2 Å². The van der Waals surface area contributed by atoms with Crippen LogP contribution in [-0.2, 0) is 19.8 Å². The molecule has 0 aliphatic carbocycles. The van der Waals surface area contributed by atoms with Gasteiger partial charge in [0.2, 0.25) is 0 Å². The Bertz CT molecular complexity index is 1270. The second-order valence-electron chi connectivity index (χ2n) is 7.36. The number of hydrogen-bond donors (Lipinski definition) is 0. The summed E-state index contributed by atoms with van der Waals surface area (Å²) in [6, 6.07) is 9.86. The Balaban J connectivity index is 1.74. The van der Waals surface area contributed by atoms with Crippen molar-refractivity contribution in [2.45, 2.75) is 26.6 Å². The second-order valence-corrected chi connectivity index (χ2v) is 8.39. The molecule has 162 valence electrons. The first-order valence-corrected chi connectivity index (χ1v) is 10.3. The molecule has 6 nitrogen and oxygen atoms in total. The highest BCUT2D eigenvalue weighted by Gasteiger charge is 2.38. The Morgan fingerprint density at radius 3 is 2.42 bits per heavy atom. The molecule has 3 aromatic heterocycles. The maximum absolute atomic E-state index is 13.6. The molecule has 1 aromatic carbocycles. The predicted molar refractivity (Wildman–Crippen MR) is 112 cm³/mol. The number of carbonyl (C=O) groups is 1. The first-order valence-electron chi connectivity index (χ1n) is 9.47. The van der Waals surface area contributed by atoms with Crippen LogP contribution in [0.1, 0.15) is 32.3 Å². The van der Waals surface area contributed by atoms with E-state index < -0.39 is 11.9 Å². The molecule has 0 atom stereocenters. The van der Waals surface area contributed by atoms with Crippen LogP contribution in [-0.4, -0.2) is 37.4 Å².